The van der Waals surface area contributed by atoms with Crippen molar-refractivity contribution in [3.8, 4) is 11.5 Å². The van der Waals surface area contributed by atoms with Crippen LogP contribution in [0.1, 0.15) is 12.6 Å². The molecule has 0 aliphatic carbocycles. The van der Waals surface area contributed by atoms with E-state index in [4.69, 9.17) is 9.47 Å². The molecule has 0 spiro atoms. The van der Waals surface area contributed by atoms with Gasteiger partial charge in [-0.1, -0.05) is 19.1 Å². The molecule has 108 valence electrons. The van der Waals surface area contributed by atoms with E-state index >= 15 is 0 Å². The summed E-state index contributed by atoms with van der Waals surface area (Å²) in [5.41, 5.74) is 2.14. The monoisotopic (exact) mass is 275 g/mol. The third-order valence-electron chi connectivity index (χ3n) is 2.98. The van der Waals surface area contributed by atoms with Crippen molar-refractivity contribution in [2.45, 2.75) is 13.3 Å². The number of ether oxygens (including phenoxy) is 2. The first-order valence-electron chi connectivity index (χ1n) is 6.76. The number of hydrogen-bond donors (Lipinski definition) is 1. The molecule has 0 bridgehead atoms. The fraction of sp³-hybridized carbons (Fsp3) is 0.400. The number of aryl methyl sites for hydroxylation is 2. The van der Waals surface area contributed by atoms with Crippen LogP contribution in [0.4, 0.5) is 5.69 Å². The second-order valence-electron chi connectivity index (χ2n) is 4.44. The third-order valence-corrected chi connectivity index (χ3v) is 2.98. The van der Waals surface area contributed by atoms with Gasteiger partial charge in [0.25, 0.3) is 0 Å². The van der Waals surface area contributed by atoms with Gasteiger partial charge in [0, 0.05) is 19.8 Å². The van der Waals surface area contributed by atoms with E-state index in [1.165, 1.54) is 0 Å². The topological polar surface area (TPSA) is 48.3 Å². The maximum absolute atomic E-state index is 5.72. The van der Waals surface area contributed by atoms with E-state index in [0.29, 0.717) is 6.61 Å². The third kappa shape index (κ3) is 3.44. The van der Waals surface area contributed by atoms with Gasteiger partial charge in [0.15, 0.2) is 11.5 Å². The van der Waals surface area contributed by atoms with E-state index < -0.39 is 0 Å². The van der Waals surface area contributed by atoms with Crippen molar-refractivity contribution in [3.63, 3.8) is 0 Å². The number of methoxy groups -OCH3 is 1. The first-order chi connectivity index (χ1) is 9.74. The highest BCUT2D eigenvalue weighted by molar-refractivity contribution is 5.46. The zero-order chi connectivity index (χ0) is 14.4. The van der Waals surface area contributed by atoms with Crippen LogP contribution in [0.25, 0.3) is 0 Å². The fourth-order valence-electron chi connectivity index (χ4n) is 2.03. The molecule has 1 N–H and O–H groups in total. The molecule has 5 nitrogen and oxygen atoms in total. The van der Waals surface area contributed by atoms with Crippen molar-refractivity contribution in [2.24, 2.45) is 7.05 Å². The summed E-state index contributed by atoms with van der Waals surface area (Å²) < 4.78 is 12.8. The highest BCUT2D eigenvalue weighted by Gasteiger charge is 2.05. The number of aromatic nitrogens is 2. The average Bonchev–Trinajstić information content (AvgIpc) is 2.84. The largest absolute Gasteiger partial charge is 0.493 e. The zero-order valence-electron chi connectivity index (χ0n) is 12.2. The Morgan fingerprint density at radius 1 is 1.25 bits per heavy atom. The second kappa shape index (κ2) is 6.84. The van der Waals surface area contributed by atoms with Crippen LogP contribution in [0.5, 0.6) is 11.5 Å². The minimum Gasteiger partial charge on any atom is -0.493 e. The minimum absolute atomic E-state index is 0.568. The standard InChI is InChI=1S/C15H21N3O2/c1-4-12-13(11-18(2)17-12)16-9-10-20-15-8-6-5-7-14(15)19-3/h5-8,11,16H,4,9-10H2,1-3H3. The number of rotatable bonds is 7. The highest BCUT2D eigenvalue weighted by atomic mass is 16.5. The predicted octanol–water partition coefficient (Wildman–Crippen LogP) is 2.48. The molecule has 1 aromatic heterocycles. The van der Waals surface area contributed by atoms with Gasteiger partial charge in [-0.3, -0.25) is 4.68 Å². The molecule has 0 aliphatic rings. The molecule has 2 rings (SSSR count). The average molecular weight is 275 g/mol. The van der Waals surface area contributed by atoms with Gasteiger partial charge in [-0.15, -0.1) is 0 Å². The Morgan fingerprint density at radius 3 is 2.70 bits per heavy atom. The van der Waals surface area contributed by atoms with Gasteiger partial charge in [0.05, 0.1) is 18.5 Å². The van der Waals surface area contributed by atoms with Gasteiger partial charge in [-0.05, 0) is 18.6 Å². The predicted molar refractivity (Wildman–Crippen MR) is 79.6 cm³/mol. The summed E-state index contributed by atoms with van der Waals surface area (Å²) in [7, 11) is 3.57. The summed E-state index contributed by atoms with van der Waals surface area (Å²) in [5, 5.41) is 7.73. The van der Waals surface area contributed by atoms with Gasteiger partial charge in [-0.25, -0.2) is 0 Å². The molecule has 20 heavy (non-hydrogen) atoms. The molecule has 0 atom stereocenters. The normalized spacial score (nSPS) is 10.3. The fourth-order valence-corrected chi connectivity index (χ4v) is 2.03. The Balaban J connectivity index is 1.84. The van der Waals surface area contributed by atoms with Crippen molar-refractivity contribution in [1.82, 2.24) is 9.78 Å². The SMILES string of the molecule is CCc1nn(C)cc1NCCOc1ccccc1OC. The molecule has 0 saturated heterocycles. The number of anilines is 1. The summed E-state index contributed by atoms with van der Waals surface area (Å²) in [5.74, 6) is 1.52. The quantitative estimate of drug-likeness (QED) is 0.789. The van der Waals surface area contributed by atoms with Crippen LogP contribution in [-0.4, -0.2) is 30.0 Å². The lowest BCUT2D eigenvalue weighted by Crippen LogP contribution is -2.12. The van der Waals surface area contributed by atoms with Crippen LogP contribution in [0, 0.1) is 0 Å². The number of nitrogens with one attached hydrogen (secondary N) is 1. The lowest BCUT2D eigenvalue weighted by molar-refractivity contribution is 0.306. The van der Waals surface area contributed by atoms with Crippen molar-refractivity contribution in [2.75, 3.05) is 25.6 Å². The van der Waals surface area contributed by atoms with Crippen LogP contribution in [0.2, 0.25) is 0 Å². The molecule has 2 aromatic rings. The Morgan fingerprint density at radius 2 is 2.00 bits per heavy atom. The molecule has 1 heterocycles. The van der Waals surface area contributed by atoms with Crippen molar-refractivity contribution in [3.05, 3.63) is 36.2 Å². The van der Waals surface area contributed by atoms with Crippen molar-refractivity contribution < 1.29 is 9.47 Å². The van der Waals surface area contributed by atoms with E-state index in [-0.39, 0.29) is 0 Å². The Hall–Kier alpha value is -2.17. The smallest absolute Gasteiger partial charge is 0.161 e. The Bertz CT molecular complexity index is 552. The van der Waals surface area contributed by atoms with Crippen molar-refractivity contribution >= 4 is 5.69 Å². The molecule has 0 unspecified atom stereocenters. The molecule has 5 heteroatoms. The summed E-state index contributed by atoms with van der Waals surface area (Å²) in [6.07, 6.45) is 2.90. The molecule has 0 amide bonds. The lowest BCUT2D eigenvalue weighted by Gasteiger charge is -2.11. The first-order valence-corrected chi connectivity index (χ1v) is 6.76. The van der Waals surface area contributed by atoms with E-state index in [1.807, 2.05) is 42.2 Å². The first kappa shape index (κ1) is 14.2. The Kier molecular flexibility index (Phi) is 4.87. The zero-order valence-corrected chi connectivity index (χ0v) is 12.2. The molecule has 0 aliphatic heterocycles. The molecular weight excluding hydrogens is 254 g/mol. The lowest BCUT2D eigenvalue weighted by atomic mass is 10.3. The summed E-state index contributed by atoms with van der Waals surface area (Å²) in [6, 6.07) is 7.65. The summed E-state index contributed by atoms with van der Waals surface area (Å²) in [6.45, 7) is 3.38. The van der Waals surface area contributed by atoms with E-state index in [1.54, 1.807) is 7.11 Å². The molecule has 1 aromatic carbocycles. The Labute approximate surface area is 119 Å². The van der Waals surface area contributed by atoms with Gasteiger partial charge < -0.3 is 14.8 Å². The van der Waals surface area contributed by atoms with E-state index in [9.17, 15) is 0 Å². The molecule has 0 saturated carbocycles. The number of benzene rings is 1. The van der Waals surface area contributed by atoms with Gasteiger partial charge in [0.1, 0.15) is 6.61 Å². The van der Waals surface area contributed by atoms with Crippen LogP contribution in [0.3, 0.4) is 0 Å². The van der Waals surface area contributed by atoms with Gasteiger partial charge >= 0.3 is 0 Å². The van der Waals surface area contributed by atoms with E-state index in [0.717, 1.165) is 35.8 Å². The molecule has 0 fully saturated rings. The maximum atomic E-state index is 5.72. The maximum Gasteiger partial charge on any atom is 0.161 e. The molecule has 0 radical (unpaired) electrons. The summed E-state index contributed by atoms with van der Waals surface area (Å²) >= 11 is 0. The number of nitrogens with zero attached hydrogens (tertiary/aromatic N) is 2. The van der Waals surface area contributed by atoms with Crippen LogP contribution < -0.4 is 14.8 Å². The number of para-hydroxylation sites is 2. The van der Waals surface area contributed by atoms with E-state index in [2.05, 4.69) is 17.3 Å². The minimum atomic E-state index is 0.568. The van der Waals surface area contributed by atoms with Crippen LogP contribution in [-0.2, 0) is 13.5 Å². The highest BCUT2D eigenvalue weighted by Crippen LogP contribution is 2.25. The molecular formula is C15H21N3O2. The van der Waals surface area contributed by atoms with Gasteiger partial charge in [0.2, 0.25) is 0 Å². The second-order valence-corrected chi connectivity index (χ2v) is 4.44. The van der Waals surface area contributed by atoms with Gasteiger partial charge in [-0.2, -0.15) is 5.10 Å². The van der Waals surface area contributed by atoms with Crippen LogP contribution >= 0.6 is 0 Å². The van der Waals surface area contributed by atoms with Crippen LogP contribution in [0.15, 0.2) is 30.5 Å². The number of hydrogen-bond acceptors (Lipinski definition) is 4. The van der Waals surface area contributed by atoms with Crippen molar-refractivity contribution in [1.29, 1.82) is 0 Å². The summed E-state index contributed by atoms with van der Waals surface area (Å²) in [4.78, 5) is 0.